The SMILES string of the molecule is CCC(C(=O)OC1CCCCC1)N(Oc1ccccc1)[P+](=O)OC[C@H]1O[C@@H](n2ccc(=O)[nH]c2=O)[C@](C)(F)[C@@H]1O. The number of nitrogens with one attached hydrogen (secondary N) is 1. The first-order valence-electron chi connectivity index (χ1n) is 13.3. The molecule has 218 valence electrons. The van der Waals surface area contributed by atoms with E-state index in [1.165, 1.54) is 0 Å². The van der Waals surface area contributed by atoms with E-state index in [1.54, 1.807) is 37.3 Å². The second kappa shape index (κ2) is 13.1. The minimum atomic E-state index is -2.88. The first kappa shape index (κ1) is 30.0. The molecule has 2 aliphatic rings. The Morgan fingerprint density at radius 2 is 1.95 bits per heavy atom. The van der Waals surface area contributed by atoms with Crippen LogP contribution in [0.1, 0.15) is 58.6 Å². The van der Waals surface area contributed by atoms with Gasteiger partial charge in [-0.1, -0.05) is 31.5 Å². The van der Waals surface area contributed by atoms with Crippen molar-refractivity contribution in [2.45, 2.75) is 88.6 Å². The molecule has 0 spiro atoms. The van der Waals surface area contributed by atoms with E-state index in [4.69, 9.17) is 18.8 Å². The third-order valence-corrected chi connectivity index (χ3v) is 8.09. The van der Waals surface area contributed by atoms with Crippen LogP contribution in [-0.4, -0.2) is 62.1 Å². The normalized spacial score (nSPS) is 26.4. The molecular formula is C26H34FN3O9P+. The molecule has 0 amide bonds. The molecule has 0 radical (unpaired) electrons. The summed E-state index contributed by atoms with van der Waals surface area (Å²) >= 11 is 0. The number of nitrogens with zero attached hydrogens (tertiary/aromatic N) is 2. The van der Waals surface area contributed by atoms with Gasteiger partial charge in [-0.3, -0.25) is 19.1 Å². The number of esters is 1. The predicted molar refractivity (Wildman–Crippen MR) is 140 cm³/mol. The molecule has 0 bridgehead atoms. The molecular weight excluding hydrogens is 548 g/mol. The van der Waals surface area contributed by atoms with Gasteiger partial charge in [0.2, 0.25) is 0 Å². The number of rotatable bonds is 11. The maximum Gasteiger partial charge on any atom is 0.653 e. The molecule has 2 aromatic rings. The second-order valence-corrected chi connectivity index (χ2v) is 11.1. The molecule has 2 heterocycles. The van der Waals surface area contributed by atoms with Crippen LogP contribution >= 0.6 is 8.18 Å². The van der Waals surface area contributed by atoms with Crippen molar-refractivity contribution in [3.63, 3.8) is 0 Å². The first-order valence-corrected chi connectivity index (χ1v) is 14.4. The zero-order chi connectivity index (χ0) is 28.9. The molecule has 1 saturated carbocycles. The first-order chi connectivity index (χ1) is 19.1. The van der Waals surface area contributed by atoms with Crippen molar-refractivity contribution >= 4 is 14.1 Å². The van der Waals surface area contributed by atoms with Crippen LogP contribution < -0.4 is 16.1 Å². The van der Waals surface area contributed by atoms with Gasteiger partial charge in [-0.25, -0.2) is 9.18 Å². The molecule has 1 aromatic carbocycles. The van der Waals surface area contributed by atoms with Crippen LogP contribution in [0.3, 0.4) is 0 Å². The molecule has 12 nitrogen and oxygen atoms in total. The summed E-state index contributed by atoms with van der Waals surface area (Å²) in [5, 5.41) is 10.6. The van der Waals surface area contributed by atoms with Gasteiger partial charge < -0.3 is 19.4 Å². The van der Waals surface area contributed by atoms with Crippen molar-refractivity contribution in [3.05, 3.63) is 63.4 Å². The van der Waals surface area contributed by atoms with Crippen molar-refractivity contribution in [1.29, 1.82) is 0 Å². The fraction of sp³-hybridized carbons (Fsp3) is 0.577. The Hall–Kier alpha value is -2.96. The largest absolute Gasteiger partial charge is 0.653 e. The Labute approximate surface area is 230 Å². The lowest BCUT2D eigenvalue weighted by Gasteiger charge is -2.25. The average molecular weight is 583 g/mol. The van der Waals surface area contributed by atoms with Gasteiger partial charge in [0.15, 0.2) is 23.7 Å². The van der Waals surface area contributed by atoms with E-state index in [-0.39, 0.29) is 12.5 Å². The van der Waals surface area contributed by atoms with Crippen molar-refractivity contribution in [2.75, 3.05) is 6.61 Å². The highest BCUT2D eigenvalue weighted by Gasteiger charge is 2.56. The zero-order valence-corrected chi connectivity index (χ0v) is 23.2. The van der Waals surface area contributed by atoms with Gasteiger partial charge in [-0.05, 0) is 55.7 Å². The number of hydroxylamine groups is 1. The van der Waals surface area contributed by atoms with Crippen molar-refractivity contribution in [2.24, 2.45) is 0 Å². The van der Waals surface area contributed by atoms with Crippen LogP contribution in [0, 0.1) is 0 Å². The quantitative estimate of drug-likeness (QED) is 0.230. The number of hydrogen-bond donors (Lipinski definition) is 2. The van der Waals surface area contributed by atoms with Gasteiger partial charge in [-0.15, -0.1) is 4.52 Å². The Balaban J connectivity index is 1.49. The second-order valence-electron chi connectivity index (χ2n) is 10.0. The van der Waals surface area contributed by atoms with Gasteiger partial charge in [0.05, 0.1) is 0 Å². The number of carbonyl (C=O) groups excluding carboxylic acids is 1. The van der Waals surface area contributed by atoms with Crippen molar-refractivity contribution in [3.8, 4) is 5.75 Å². The van der Waals surface area contributed by atoms with Crippen LogP contribution in [-0.2, 0) is 23.4 Å². The van der Waals surface area contributed by atoms with E-state index in [0.717, 1.165) is 60.7 Å². The third-order valence-electron chi connectivity index (χ3n) is 7.03. The van der Waals surface area contributed by atoms with Crippen molar-refractivity contribution < 1.29 is 37.7 Å². The molecule has 6 atom stereocenters. The Morgan fingerprint density at radius 1 is 1.25 bits per heavy atom. The standard InChI is InChI=1S/C26H33FN3O9P/c1-3-19(23(33)37-17-10-6-4-7-11-17)30(39-18-12-8-5-9-13-18)40(35)36-16-20-22(32)26(2,27)24(38-20)29-15-14-21(31)28-25(29)34/h5,8-9,12-15,17,19-20,22,24,32H,3-4,6-7,10-11,16H2,1-2H3/p+1/t19?,20-,22-,24-,26-/m1/s1. The molecule has 40 heavy (non-hydrogen) atoms. The zero-order valence-electron chi connectivity index (χ0n) is 22.3. The van der Waals surface area contributed by atoms with Gasteiger partial charge >= 0.3 is 19.8 Å². The Bertz CT molecular complexity index is 1280. The third kappa shape index (κ3) is 6.84. The van der Waals surface area contributed by atoms with Gasteiger partial charge in [0.1, 0.15) is 29.8 Å². The number of aliphatic hydroxyl groups excluding tert-OH is 1. The number of para-hydroxylation sites is 1. The topological polar surface area (TPSA) is 149 Å². The van der Waals surface area contributed by atoms with Gasteiger partial charge in [0.25, 0.3) is 5.56 Å². The highest BCUT2D eigenvalue weighted by molar-refractivity contribution is 7.36. The van der Waals surface area contributed by atoms with Crippen molar-refractivity contribution in [1.82, 2.24) is 14.4 Å². The lowest BCUT2D eigenvalue weighted by atomic mass is 9.98. The number of aliphatic hydroxyl groups is 1. The number of aromatic amines is 1. The van der Waals surface area contributed by atoms with Crippen LogP contribution in [0.25, 0.3) is 0 Å². The number of ether oxygens (including phenoxy) is 2. The summed E-state index contributed by atoms with van der Waals surface area (Å²) in [6.07, 6.45) is 0.801. The number of H-pyrrole nitrogens is 1. The molecule has 1 aliphatic heterocycles. The molecule has 1 saturated heterocycles. The van der Waals surface area contributed by atoms with Crippen LogP contribution in [0.2, 0.25) is 0 Å². The number of benzene rings is 1. The number of carbonyl (C=O) groups is 1. The lowest BCUT2D eigenvalue weighted by Crippen LogP contribution is -2.44. The van der Waals surface area contributed by atoms with E-state index in [0.29, 0.717) is 5.75 Å². The maximum atomic E-state index is 15.5. The summed E-state index contributed by atoms with van der Waals surface area (Å²) in [6, 6.07) is 8.32. The number of alkyl halides is 1. The number of hydrogen-bond acceptors (Lipinski definition) is 9. The summed E-state index contributed by atoms with van der Waals surface area (Å²) in [5.41, 5.74) is -4.06. The highest BCUT2D eigenvalue weighted by Crippen LogP contribution is 2.42. The summed E-state index contributed by atoms with van der Waals surface area (Å²) < 4.78 is 46.5. The summed E-state index contributed by atoms with van der Waals surface area (Å²) in [4.78, 5) is 45.5. The van der Waals surface area contributed by atoms with Crippen LogP contribution in [0.4, 0.5) is 4.39 Å². The summed E-state index contributed by atoms with van der Waals surface area (Å²) in [6.45, 7) is 2.19. The Morgan fingerprint density at radius 3 is 2.60 bits per heavy atom. The summed E-state index contributed by atoms with van der Waals surface area (Å²) in [5.74, 6) is -0.312. The van der Waals surface area contributed by atoms with E-state index >= 15 is 4.39 Å². The van der Waals surface area contributed by atoms with Crippen LogP contribution in [0.15, 0.2) is 52.2 Å². The molecule has 1 aliphatic carbocycles. The molecule has 4 rings (SSSR count). The minimum Gasteiger partial charge on any atom is -0.461 e. The molecule has 2 unspecified atom stereocenters. The van der Waals surface area contributed by atoms with E-state index < -0.39 is 62.2 Å². The Kier molecular flexibility index (Phi) is 9.85. The van der Waals surface area contributed by atoms with E-state index in [1.807, 2.05) is 4.98 Å². The van der Waals surface area contributed by atoms with Gasteiger partial charge in [0, 0.05) is 12.3 Å². The monoisotopic (exact) mass is 582 g/mol. The minimum absolute atomic E-state index is 0.186. The molecule has 2 N–H and O–H groups in total. The number of halogens is 1. The van der Waals surface area contributed by atoms with Gasteiger partial charge in [-0.2, -0.15) is 0 Å². The maximum absolute atomic E-state index is 15.5. The van der Waals surface area contributed by atoms with E-state index in [2.05, 4.69) is 0 Å². The smallest absolute Gasteiger partial charge is 0.461 e. The molecule has 14 heteroatoms. The average Bonchev–Trinajstić information content (AvgIpc) is 3.16. The molecule has 1 aromatic heterocycles. The summed E-state index contributed by atoms with van der Waals surface area (Å²) in [7, 11) is -2.88. The molecule has 2 fully saturated rings. The van der Waals surface area contributed by atoms with E-state index in [9.17, 15) is 24.1 Å². The number of aromatic nitrogens is 2. The fourth-order valence-electron chi connectivity index (χ4n) is 4.80. The lowest BCUT2D eigenvalue weighted by molar-refractivity contribution is -0.163. The van der Waals surface area contributed by atoms with Crippen LogP contribution in [0.5, 0.6) is 5.75 Å². The predicted octanol–water partition coefficient (Wildman–Crippen LogP) is 3.15. The fourth-order valence-corrected chi connectivity index (χ4v) is 5.83. The highest BCUT2D eigenvalue weighted by atomic mass is 31.1.